The van der Waals surface area contributed by atoms with E-state index in [-0.39, 0.29) is 0 Å². The topological polar surface area (TPSA) is 70.4 Å². The summed E-state index contributed by atoms with van der Waals surface area (Å²) < 4.78 is 1.94. The van der Waals surface area contributed by atoms with Gasteiger partial charge in [-0.1, -0.05) is 23.7 Å². The molecule has 0 aliphatic heterocycles. The molecule has 0 saturated heterocycles. The van der Waals surface area contributed by atoms with E-state index in [1.165, 1.54) is 0 Å². The van der Waals surface area contributed by atoms with Gasteiger partial charge in [-0.05, 0) is 44.8 Å². The molecule has 0 atom stereocenters. The van der Waals surface area contributed by atoms with Gasteiger partial charge in [0.25, 0.3) is 0 Å². The van der Waals surface area contributed by atoms with Crippen molar-refractivity contribution in [2.75, 3.05) is 37.8 Å². The second kappa shape index (κ2) is 7.61. The van der Waals surface area contributed by atoms with Crippen molar-refractivity contribution in [2.24, 2.45) is 0 Å². The summed E-state index contributed by atoms with van der Waals surface area (Å²) in [5.41, 5.74) is 4.25. The monoisotopic (exact) mass is 395 g/mol. The molecule has 0 unspecified atom stereocenters. The Morgan fingerprint density at radius 2 is 2.00 bits per heavy atom. The fraction of sp³-hybridized carbons (Fsp3) is 0.250. The van der Waals surface area contributed by atoms with Crippen molar-refractivity contribution in [3.8, 4) is 0 Å². The Hall–Kier alpha value is -2.90. The summed E-state index contributed by atoms with van der Waals surface area (Å²) in [4.78, 5) is 15.9. The Balaban J connectivity index is 1.74. The number of hydrogen-bond donors (Lipinski definition) is 2. The van der Waals surface area contributed by atoms with E-state index in [2.05, 4.69) is 20.5 Å². The number of likely N-dealkylation sites (N-methyl/N-ethyl adjacent to an activating group) is 1. The van der Waals surface area contributed by atoms with Crippen molar-refractivity contribution < 1.29 is 0 Å². The van der Waals surface area contributed by atoms with E-state index in [1.807, 2.05) is 55.8 Å². The Morgan fingerprint density at radius 3 is 2.79 bits per heavy atom. The summed E-state index contributed by atoms with van der Waals surface area (Å²) in [6.45, 7) is 3.76. The molecule has 2 N–H and O–H groups in total. The predicted molar refractivity (Wildman–Crippen MR) is 115 cm³/mol. The second-order valence-electron chi connectivity index (χ2n) is 6.94. The molecule has 8 heteroatoms. The molecule has 0 spiro atoms. The predicted octanol–water partition coefficient (Wildman–Crippen LogP) is 3.96. The highest BCUT2D eigenvalue weighted by Crippen LogP contribution is 2.31. The van der Waals surface area contributed by atoms with E-state index in [0.29, 0.717) is 10.8 Å². The minimum absolute atomic E-state index is 0.651. The first kappa shape index (κ1) is 18.5. The van der Waals surface area contributed by atoms with Crippen LogP contribution in [0.1, 0.15) is 5.56 Å². The average Bonchev–Trinajstić information content (AvgIpc) is 3.15. The van der Waals surface area contributed by atoms with E-state index < -0.39 is 0 Å². The van der Waals surface area contributed by atoms with E-state index in [0.717, 1.165) is 46.8 Å². The minimum atomic E-state index is 0.651. The van der Waals surface area contributed by atoms with Gasteiger partial charge in [-0.2, -0.15) is 0 Å². The lowest BCUT2D eigenvalue weighted by Gasteiger charge is -2.14. The van der Waals surface area contributed by atoms with E-state index in [9.17, 15) is 0 Å². The lowest BCUT2D eigenvalue weighted by Crippen LogP contribution is -2.21. The normalized spacial score (nSPS) is 11.5. The fourth-order valence-electron chi connectivity index (χ4n) is 3.03. The maximum absolute atomic E-state index is 6.38. The summed E-state index contributed by atoms with van der Waals surface area (Å²) >= 11 is 6.38. The molecule has 0 bridgehead atoms. The van der Waals surface area contributed by atoms with Crippen LogP contribution in [0.2, 0.25) is 5.02 Å². The largest absolute Gasteiger partial charge is 0.369 e. The molecule has 3 heterocycles. The van der Waals surface area contributed by atoms with Crippen LogP contribution in [-0.2, 0) is 0 Å². The Bertz CT molecular complexity index is 1120. The Kier molecular flexibility index (Phi) is 5.02. The molecule has 0 aliphatic carbocycles. The molecule has 0 radical (unpaired) electrons. The van der Waals surface area contributed by atoms with Crippen molar-refractivity contribution in [1.82, 2.24) is 24.3 Å². The van der Waals surface area contributed by atoms with Gasteiger partial charge in [0.15, 0.2) is 11.5 Å². The van der Waals surface area contributed by atoms with Crippen molar-refractivity contribution in [1.29, 1.82) is 0 Å². The van der Waals surface area contributed by atoms with Crippen LogP contribution in [0.25, 0.3) is 16.7 Å². The smallest absolute Gasteiger partial charge is 0.166 e. The first-order valence-electron chi connectivity index (χ1n) is 9.06. The molecule has 0 saturated carbocycles. The molecule has 4 rings (SSSR count). The van der Waals surface area contributed by atoms with Crippen LogP contribution in [0.3, 0.4) is 0 Å². The number of halogens is 1. The summed E-state index contributed by atoms with van der Waals surface area (Å²) in [7, 11) is 4.09. The number of aryl methyl sites for hydroxylation is 1. The molecule has 3 aromatic heterocycles. The highest BCUT2D eigenvalue weighted by molar-refractivity contribution is 6.33. The molecule has 0 amide bonds. The fourth-order valence-corrected chi connectivity index (χ4v) is 3.30. The number of anilines is 3. The van der Waals surface area contributed by atoms with Crippen LogP contribution < -0.4 is 10.6 Å². The van der Waals surface area contributed by atoms with Crippen LogP contribution in [0.5, 0.6) is 0 Å². The molecule has 28 heavy (non-hydrogen) atoms. The van der Waals surface area contributed by atoms with Crippen LogP contribution in [0.15, 0.2) is 42.9 Å². The van der Waals surface area contributed by atoms with Gasteiger partial charge < -0.3 is 15.5 Å². The van der Waals surface area contributed by atoms with Crippen molar-refractivity contribution in [2.45, 2.75) is 6.92 Å². The molecule has 0 fully saturated rings. The second-order valence-corrected chi connectivity index (χ2v) is 7.34. The number of imidazole rings is 1. The third-order valence-electron chi connectivity index (χ3n) is 4.53. The maximum Gasteiger partial charge on any atom is 0.166 e. The quantitative estimate of drug-likeness (QED) is 0.515. The van der Waals surface area contributed by atoms with Gasteiger partial charge in [0.05, 0.1) is 16.9 Å². The lowest BCUT2D eigenvalue weighted by atomic mass is 10.2. The summed E-state index contributed by atoms with van der Waals surface area (Å²) in [5.74, 6) is 1.50. The zero-order valence-electron chi connectivity index (χ0n) is 16.1. The minimum Gasteiger partial charge on any atom is -0.369 e. The van der Waals surface area contributed by atoms with Gasteiger partial charge >= 0.3 is 0 Å². The van der Waals surface area contributed by atoms with Gasteiger partial charge in [-0.15, -0.1) is 0 Å². The summed E-state index contributed by atoms with van der Waals surface area (Å²) in [6, 6.07) is 9.71. The van der Waals surface area contributed by atoms with Crippen molar-refractivity contribution >= 4 is 45.6 Å². The number of aromatic nitrogens is 4. The highest BCUT2D eigenvalue weighted by Gasteiger charge is 2.13. The molecule has 0 aliphatic rings. The number of pyridine rings is 1. The molecule has 4 aromatic rings. The van der Waals surface area contributed by atoms with Crippen molar-refractivity contribution in [3.05, 3.63) is 53.4 Å². The number of hydrogen-bond acceptors (Lipinski definition) is 6. The number of nitrogens with zero attached hydrogens (tertiary/aromatic N) is 5. The summed E-state index contributed by atoms with van der Waals surface area (Å²) in [6.07, 6.45) is 3.52. The van der Waals surface area contributed by atoms with Gasteiger partial charge in [0.1, 0.15) is 23.2 Å². The first-order chi connectivity index (χ1) is 13.5. The third kappa shape index (κ3) is 3.58. The first-order valence-corrected chi connectivity index (χ1v) is 9.44. The number of nitrogens with one attached hydrogen (secondary N) is 2. The maximum atomic E-state index is 6.38. The van der Waals surface area contributed by atoms with Crippen LogP contribution in [0.4, 0.5) is 17.3 Å². The van der Waals surface area contributed by atoms with E-state index >= 15 is 0 Å². The molecule has 144 valence electrons. The molecular weight excluding hydrogens is 374 g/mol. The number of rotatable bonds is 6. The van der Waals surface area contributed by atoms with Gasteiger partial charge in [0.2, 0.25) is 0 Å². The standard InChI is InChI=1S/C20H22ClN7/c1-13-5-4-6-14(21)18(13)26-19-16-11-22-12-28(16)20-15(24-19)7-8-17(25-20)23-9-10-27(2)3/h4-8,11-12H,9-10H2,1-3H3,(H,23,25)(H,24,26). The van der Waals surface area contributed by atoms with Crippen LogP contribution >= 0.6 is 11.6 Å². The summed E-state index contributed by atoms with van der Waals surface area (Å²) in [5, 5.41) is 7.37. The third-order valence-corrected chi connectivity index (χ3v) is 4.84. The zero-order chi connectivity index (χ0) is 19.7. The van der Waals surface area contributed by atoms with E-state index in [1.54, 1.807) is 12.5 Å². The van der Waals surface area contributed by atoms with E-state index in [4.69, 9.17) is 21.6 Å². The van der Waals surface area contributed by atoms with Crippen LogP contribution in [0, 0.1) is 6.92 Å². The average molecular weight is 396 g/mol. The lowest BCUT2D eigenvalue weighted by molar-refractivity contribution is 0.425. The molecule has 1 aromatic carbocycles. The Labute approximate surface area is 168 Å². The number of para-hydroxylation sites is 1. The zero-order valence-corrected chi connectivity index (χ0v) is 16.8. The number of fused-ring (bicyclic) bond motifs is 3. The van der Waals surface area contributed by atoms with Crippen LogP contribution in [-0.4, -0.2) is 51.4 Å². The molecule has 7 nitrogen and oxygen atoms in total. The highest BCUT2D eigenvalue weighted by atomic mass is 35.5. The Morgan fingerprint density at radius 1 is 1.14 bits per heavy atom. The number of benzene rings is 1. The van der Waals surface area contributed by atoms with Crippen molar-refractivity contribution in [3.63, 3.8) is 0 Å². The van der Waals surface area contributed by atoms with Gasteiger partial charge in [0, 0.05) is 13.1 Å². The van der Waals surface area contributed by atoms with Gasteiger partial charge in [-0.3, -0.25) is 4.40 Å². The van der Waals surface area contributed by atoms with Gasteiger partial charge in [-0.25, -0.2) is 15.0 Å². The SMILES string of the molecule is Cc1cccc(Cl)c1Nc1nc2ccc(NCCN(C)C)nc2n2cncc12. The molecular formula is C20H22ClN7.